The number of aliphatic hydroxyl groups excluding tert-OH is 1. The van der Waals surface area contributed by atoms with Gasteiger partial charge in [0.2, 0.25) is 0 Å². The number of hydrogen-bond acceptors (Lipinski definition) is 9. The van der Waals surface area contributed by atoms with E-state index in [9.17, 15) is 19.5 Å². The third-order valence-corrected chi connectivity index (χ3v) is 2.00. The van der Waals surface area contributed by atoms with Crippen molar-refractivity contribution in [3.63, 3.8) is 0 Å². The Hall–Kier alpha value is -1.71. The maximum absolute atomic E-state index is 11.4. The fraction of sp³-hybridized carbons (Fsp3) is 0.727. The maximum Gasteiger partial charge on any atom is 0.363 e. The summed E-state index contributed by atoms with van der Waals surface area (Å²) in [4.78, 5) is 33.7. The summed E-state index contributed by atoms with van der Waals surface area (Å²) in [5.74, 6) is -2.91. The summed E-state index contributed by atoms with van der Waals surface area (Å²) in [7, 11) is 2.17. The molecule has 0 bridgehead atoms. The van der Waals surface area contributed by atoms with Gasteiger partial charge in [-0.3, -0.25) is 0 Å². The summed E-state index contributed by atoms with van der Waals surface area (Å²) in [6, 6.07) is 0. The van der Waals surface area contributed by atoms with E-state index < -0.39 is 36.6 Å². The maximum atomic E-state index is 11.4. The molecule has 0 aromatic heterocycles. The Kier molecular flexibility index (Phi) is 8.45. The van der Waals surface area contributed by atoms with Gasteiger partial charge in [-0.05, 0) is 13.8 Å². The minimum absolute atomic E-state index is 0.0154. The SMILES string of the molecule is CCOC(=O)C(O)OC(OC(C)C(=O)OC)C(=O)OC. The van der Waals surface area contributed by atoms with Gasteiger partial charge in [0.05, 0.1) is 20.8 Å². The van der Waals surface area contributed by atoms with Gasteiger partial charge in [-0.1, -0.05) is 0 Å². The van der Waals surface area contributed by atoms with Crippen molar-refractivity contribution in [1.29, 1.82) is 0 Å². The van der Waals surface area contributed by atoms with Gasteiger partial charge in [-0.25, -0.2) is 14.4 Å². The molecule has 0 saturated carbocycles. The van der Waals surface area contributed by atoms with Crippen molar-refractivity contribution in [1.82, 2.24) is 0 Å². The predicted octanol–water partition coefficient (Wildman–Crippen LogP) is -1.04. The number of rotatable bonds is 8. The van der Waals surface area contributed by atoms with Crippen molar-refractivity contribution < 1.29 is 43.2 Å². The largest absolute Gasteiger partial charge is 0.467 e. The zero-order valence-electron chi connectivity index (χ0n) is 11.7. The number of aliphatic hydroxyl groups is 1. The Labute approximate surface area is 115 Å². The molecule has 9 nitrogen and oxygen atoms in total. The van der Waals surface area contributed by atoms with E-state index in [4.69, 9.17) is 4.74 Å². The van der Waals surface area contributed by atoms with E-state index in [1.54, 1.807) is 0 Å². The third kappa shape index (κ3) is 5.95. The van der Waals surface area contributed by atoms with E-state index in [0.717, 1.165) is 14.2 Å². The molecule has 20 heavy (non-hydrogen) atoms. The van der Waals surface area contributed by atoms with Crippen molar-refractivity contribution in [3.05, 3.63) is 0 Å². The van der Waals surface area contributed by atoms with Gasteiger partial charge in [-0.2, -0.15) is 0 Å². The average Bonchev–Trinajstić information content (AvgIpc) is 2.44. The second-order valence-electron chi connectivity index (χ2n) is 3.40. The van der Waals surface area contributed by atoms with Crippen LogP contribution >= 0.6 is 0 Å². The van der Waals surface area contributed by atoms with Gasteiger partial charge >= 0.3 is 17.9 Å². The highest BCUT2D eigenvalue weighted by Gasteiger charge is 2.32. The zero-order valence-corrected chi connectivity index (χ0v) is 11.7. The first kappa shape index (κ1) is 18.3. The summed E-state index contributed by atoms with van der Waals surface area (Å²) in [5, 5.41) is 9.37. The molecule has 0 fully saturated rings. The van der Waals surface area contributed by atoms with Crippen molar-refractivity contribution >= 4 is 17.9 Å². The molecule has 0 radical (unpaired) electrons. The van der Waals surface area contributed by atoms with Crippen molar-refractivity contribution in [3.8, 4) is 0 Å². The molecular formula is C11H18O9. The molecule has 0 amide bonds. The standard InChI is InChI=1S/C11H18O9/c1-5-18-8(13)9(14)20-11(10(15)17-4)19-6(2)7(12)16-3/h6,9,11,14H,5H2,1-4H3. The quantitative estimate of drug-likeness (QED) is 0.340. The lowest BCUT2D eigenvalue weighted by molar-refractivity contribution is -0.251. The van der Waals surface area contributed by atoms with Crippen LogP contribution in [0.1, 0.15) is 13.8 Å². The summed E-state index contributed by atoms with van der Waals surface area (Å²) < 4.78 is 22.8. The average molecular weight is 294 g/mol. The molecule has 0 aromatic carbocycles. The summed E-state index contributed by atoms with van der Waals surface area (Å²) >= 11 is 0. The topological polar surface area (TPSA) is 118 Å². The number of hydrogen-bond donors (Lipinski definition) is 1. The van der Waals surface area contributed by atoms with Crippen LogP contribution in [-0.4, -0.2) is 62.5 Å². The molecular weight excluding hydrogens is 276 g/mol. The first-order valence-corrected chi connectivity index (χ1v) is 5.68. The highest BCUT2D eigenvalue weighted by molar-refractivity contribution is 5.77. The van der Waals surface area contributed by atoms with Gasteiger partial charge in [0.1, 0.15) is 0 Å². The van der Waals surface area contributed by atoms with E-state index in [1.165, 1.54) is 13.8 Å². The molecule has 9 heteroatoms. The van der Waals surface area contributed by atoms with E-state index in [2.05, 4.69) is 18.9 Å². The third-order valence-electron chi connectivity index (χ3n) is 2.00. The van der Waals surface area contributed by atoms with Crippen LogP contribution in [0.15, 0.2) is 0 Å². The number of methoxy groups -OCH3 is 2. The molecule has 116 valence electrons. The van der Waals surface area contributed by atoms with Gasteiger partial charge in [-0.15, -0.1) is 0 Å². The second kappa shape index (κ2) is 9.23. The number of esters is 3. The van der Waals surface area contributed by atoms with Gasteiger partial charge in [0, 0.05) is 0 Å². The van der Waals surface area contributed by atoms with E-state index in [-0.39, 0.29) is 6.61 Å². The monoisotopic (exact) mass is 294 g/mol. The Morgan fingerprint density at radius 3 is 2.00 bits per heavy atom. The number of carbonyl (C=O) groups is 3. The Morgan fingerprint density at radius 1 is 1.00 bits per heavy atom. The number of ether oxygens (including phenoxy) is 5. The van der Waals surface area contributed by atoms with Crippen LogP contribution in [-0.2, 0) is 38.1 Å². The lowest BCUT2D eigenvalue weighted by Gasteiger charge is -2.21. The molecule has 3 atom stereocenters. The zero-order chi connectivity index (χ0) is 15.7. The smallest absolute Gasteiger partial charge is 0.363 e. The summed E-state index contributed by atoms with van der Waals surface area (Å²) in [6.07, 6.45) is -5.00. The number of carbonyl (C=O) groups excluding carboxylic acids is 3. The van der Waals surface area contributed by atoms with Gasteiger partial charge in [0.25, 0.3) is 12.6 Å². The van der Waals surface area contributed by atoms with Gasteiger partial charge < -0.3 is 28.8 Å². The first-order chi connectivity index (χ1) is 9.37. The minimum Gasteiger partial charge on any atom is -0.467 e. The molecule has 1 N–H and O–H groups in total. The highest BCUT2D eigenvalue weighted by atomic mass is 16.8. The van der Waals surface area contributed by atoms with Crippen LogP contribution < -0.4 is 0 Å². The van der Waals surface area contributed by atoms with Gasteiger partial charge in [0.15, 0.2) is 6.10 Å². The van der Waals surface area contributed by atoms with Crippen LogP contribution in [0.5, 0.6) is 0 Å². The molecule has 0 aliphatic heterocycles. The van der Waals surface area contributed by atoms with E-state index in [0.29, 0.717) is 0 Å². The molecule has 0 saturated heterocycles. The molecule has 0 spiro atoms. The Balaban J connectivity index is 4.69. The van der Waals surface area contributed by atoms with Crippen LogP contribution in [0.3, 0.4) is 0 Å². The lowest BCUT2D eigenvalue weighted by Crippen LogP contribution is -2.40. The molecule has 0 rings (SSSR count). The lowest BCUT2D eigenvalue weighted by atomic mass is 10.4. The van der Waals surface area contributed by atoms with E-state index >= 15 is 0 Å². The normalized spacial score (nSPS) is 14.8. The summed E-state index contributed by atoms with van der Waals surface area (Å²) in [5.41, 5.74) is 0. The van der Waals surface area contributed by atoms with Crippen molar-refractivity contribution in [2.75, 3.05) is 20.8 Å². The first-order valence-electron chi connectivity index (χ1n) is 5.68. The molecule has 3 unspecified atom stereocenters. The van der Waals surface area contributed by atoms with Crippen molar-refractivity contribution in [2.24, 2.45) is 0 Å². The fourth-order valence-electron chi connectivity index (χ4n) is 1.03. The fourth-order valence-corrected chi connectivity index (χ4v) is 1.03. The summed E-state index contributed by atoms with van der Waals surface area (Å²) in [6.45, 7) is 2.84. The van der Waals surface area contributed by atoms with E-state index in [1.807, 2.05) is 0 Å². The van der Waals surface area contributed by atoms with Crippen LogP contribution in [0, 0.1) is 0 Å². The van der Waals surface area contributed by atoms with Crippen LogP contribution in [0.25, 0.3) is 0 Å². The molecule has 0 aliphatic carbocycles. The molecule has 0 heterocycles. The minimum atomic E-state index is -2.05. The second-order valence-corrected chi connectivity index (χ2v) is 3.40. The molecule has 0 aliphatic rings. The van der Waals surface area contributed by atoms with Crippen molar-refractivity contribution in [2.45, 2.75) is 32.5 Å². The van der Waals surface area contributed by atoms with Crippen LogP contribution in [0.2, 0.25) is 0 Å². The molecule has 0 aromatic rings. The predicted molar refractivity (Wildman–Crippen MR) is 62.1 cm³/mol. The highest BCUT2D eigenvalue weighted by Crippen LogP contribution is 2.07. The Morgan fingerprint density at radius 2 is 1.55 bits per heavy atom. The van der Waals surface area contributed by atoms with Crippen LogP contribution in [0.4, 0.5) is 0 Å². The Bertz CT molecular complexity index is 341.